The van der Waals surface area contributed by atoms with Crippen LogP contribution in [0.15, 0.2) is 36.4 Å². The van der Waals surface area contributed by atoms with E-state index in [2.05, 4.69) is 0 Å². The third-order valence-corrected chi connectivity index (χ3v) is 2.94. The van der Waals surface area contributed by atoms with E-state index in [1.54, 1.807) is 30.3 Å². The first-order valence-corrected chi connectivity index (χ1v) is 5.44. The molecule has 2 aromatic rings. The van der Waals surface area contributed by atoms with Crippen molar-refractivity contribution in [2.45, 2.75) is 0 Å². The highest BCUT2D eigenvalue weighted by Crippen LogP contribution is 2.37. The predicted octanol–water partition coefficient (Wildman–Crippen LogP) is 3.82. The average Bonchev–Trinajstić information content (AvgIpc) is 2.20. The van der Waals surface area contributed by atoms with Crippen molar-refractivity contribution < 1.29 is 0 Å². The van der Waals surface area contributed by atoms with Gasteiger partial charge in [0.15, 0.2) is 0 Å². The van der Waals surface area contributed by atoms with Crippen LogP contribution < -0.4 is 11.5 Å². The Morgan fingerprint density at radius 1 is 0.875 bits per heavy atom. The zero-order chi connectivity index (χ0) is 11.7. The molecular formula is C12H10Cl2N2. The third-order valence-electron chi connectivity index (χ3n) is 2.31. The van der Waals surface area contributed by atoms with Crippen LogP contribution in [0.4, 0.5) is 11.4 Å². The van der Waals surface area contributed by atoms with Gasteiger partial charge in [0.2, 0.25) is 0 Å². The van der Waals surface area contributed by atoms with Crippen molar-refractivity contribution in [3.63, 3.8) is 0 Å². The number of halogens is 2. The van der Waals surface area contributed by atoms with Crippen molar-refractivity contribution in [3.8, 4) is 11.1 Å². The van der Waals surface area contributed by atoms with Gasteiger partial charge in [-0.15, -0.1) is 0 Å². The quantitative estimate of drug-likeness (QED) is 0.759. The molecule has 0 spiro atoms. The number of hydrogen-bond acceptors (Lipinski definition) is 2. The summed E-state index contributed by atoms with van der Waals surface area (Å²) in [7, 11) is 0. The minimum Gasteiger partial charge on any atom is -0.399 e. The van der Waals surface area contributed by atoms with Crippen LogP contribution in [0.5, 0.6) is 0 Å². The second-order valence-corrected chi connectivity index (χ2v) is 4.26. The second-order valence-electron chi connectivity index (χ2n) is 3.44. The Balaban J connectivity index is 2.68. The summed E-state index contributed by atoms with van der Waals surface area (Å²) in [6.07, 6.45) is 0. The SMILES string of the molecule is Nc1ccc(-c2c(N)cccc2Cl)c(Cl)c1. The topological polar surface area (TPSA) is 52.0 Å². The van der Waals surface area contributed by atoms with E-state index in [4.69, 9.17) is 34.7 Å². The Hall–Kier alpha value is -1.38. The van der Waals surface area contributed by atoms with Crippen molar-refractivity contribution in [2.24, 2.45) is 0 Å². The highest BCUT2D eigenvalue weighted by atomic mass is 35.5. The molecule has 0 atom stereocenters. The first-order valence-electron chi connectivity index (χ1n) is 4.69. The molecule has 0 amide bonds. The fourth-order valence-electron chi connectivity index (χ4n) is 1.56. The van der Waals surface area contributed by atoms with Crippen molar-refractivity contribution in [3.05, 3.63) is 46.4 Å². The van der Waals surface area contributed by atoms with Crippen LogP contribution in [-0.4, -0.2) is 0 Å². The summed E-state index contributed by atoms with van der Waals surface area (Å²) in [5.41, 5.74) is 14.3. The molecule has 0 aliphatic carbocycles. The van der Waals surface area contributed by atoms with E-state index in [1.165, 1.54) is 0 Å². The highest BCUT2D eigenvalue weighted by Gasteiger charge is 2.10. The molecule has 16 heavy (non-hydrogen) atoms. The van der Waals surface area contributed by atoms with E-state index < -0.39 is 0 Å². The van der Waals surface area contributed by atoms with Crippen LogP contribution in [0.1, 0.15) is 0 Å². The van der Waals surface area contributed by atoms with Crippen molar-refractivity contribution in [2.75, 3.05) is 11.5 Å². The molecule has 2 rings (SSSR count). The summed E-state index contributed by atoms with van der Waals surface area (Å²) in [4.78, 5) is 0. The summed E-state index contributed by atoms with van der Waals surface area (Å²) in [6.45, 7) is 0. The number of hydrogen-bond donors (Lipinski definition) is 2. The van der Waals surface area contributed by atoms with Gasteiger partial charge in [0.25, 0.3) is 0 Å². The van der Waals surface area contributed by atoms with E-state index in [1.807, 2.05) is 6.07 Å². The molecule has 0 aromatic heterocycles. The van der Waals surface area contributed by atoms with Gasteiger partial charge in [-0.05, 0) is 24.3 Å². The van der Waals surface area contributed by atoms with Crippen LogP contribution in [0.25, 0.3) is 11.1 Å². The molecule has 0 radical (unpaired) electrons. The Morgan fingerprint density at radius 3 is 2.25 bits per heavy atom. The van der Waals surface area contributed by atoms with E-state index in [-0.39, 0.29) is 0 Å². The van der Waals surface area contributed by atoms with Gasteiger partial charge in [0.05, 0.1) is 10.0 Å². The first-order chi connectivity index (χ1) is 7.59. The van der Waals surface area contributed by atoms with Crippen molar-refractivity contribution in [1.82, 2.24) is 0 Å². The molecular weight excluding hydrogens is 243 g/mol. The maximum atomic E-state index is 6.11. The Labute approximate surface area is 104 Å². The number of anilines is 2. The number of nitrogens with two attached hydrogens (primary N) is 2. The average molecular weight is 253 g/mol. The lowest BCUT2D eigenvalue weighted by molar-refractivity contribution is 1.60. The van der Waals surface area contributed by atoms with Crippen molar-refractivity contribution in [1.29, 1.82) is 0 Å². The van der Waals surface area contributed by atoms with Gasteiger partial charge < -0.3 is 11.5 Å². The Morgan fingerprint density at radius 2 is 1.62 bits per heavy atom. The van der Waals surface area contributed by atoms with E-state index in [9.17, 15) is 0 Å². The second kappa shape index (κ2) is 4.24. The van der Waals surface area contributed by atoms with E-state index in [0.717, 1.165) is 11.1 Å². The maximum Gasteiger partial charge on any atom is 0.0506 e. The fourth-order valence-corrected chi connectivity index (χ4v) is 2.13. The van der Waals surface area contributed by atoms with Crippen LogP contribution in [0, 0.1) is 0 Å². The molecule has 4 N–H and O–H groups in total. The summed E-state index contributed by atoms with van der Waals surface area (Å²) < 4.78 is 0. The zero-order valence-corrected chi connectivity index (χ0v) is 9.89. The van der Waals surface area contributed by atoms with Gasteiger partial charge in [0, 0.05) is 22.5 Å². The normalized spacial score (nSPS) is 10.4. The molecule has 0 bridgehead atoms. The Kier molecular flexibility index (Phi) is 2.95. The lowest BCUT2D eigenvalue weighted by Gasteiger charge is -2.10. The molecule has 2 aromatic carbocycles. The number of rotatable bonds is 1. The summed E-state index contributed by atoms with van der Waals surface area (Å²) in [6, 6.07) is 10.6. The fraction of sp³-hybridized carbons (Fsp3) is 0. The standard InChI is InChI=1S/C12H10Cl2N2/c13-9-2-1-3-11(16)12(9)8-5-4-7(15)6-10(8)14/h1-6H,15-16H2. The molecule has 0 aliphatic heterocycles. The van der Waals surface area contributed by atoms with Gasteiger partial charge in [-0.2, -0.15) is 0 Å². The van der Waals surface area contributed by atoms with Crippen LogP contribution in [0.3, 0.4) is 0 Å². The third kappa shape index (κ3) is 1.94. The highest BCUT2D eigenvalue weighted by molar-refractivity contribution is 6.37. The number of nitrogen functional groups attached to an aromatic ring is 2. The molecule has 0 unspecified atom stereocenters. The van der Waals surface area contributed by atoms with Crippen LogP contribution in [-0.2, 0) is 0 Å². The smallest absolute Gasteiger partial charge is 0.0506 e. The molecule has 2 nitrogen and oxygen atoms in total. The van der Waals surface area contributed by atoms with Gasteiger partial charge in [-0.3, -0.25) is 0 Å². The monoisotopic (exact) mass is 252 g/mol. The van der Waals surface area contributed by atoms with Gasteiger partial charge in [-0.1, -0.05) is 35.3 Å². The summed E-state index contributed by atoms with van der Waals surface area (Å²) in [5, 5.41) is 1.12. The zero-order valence-electron chi connectivity index (χ0n) is 8.37. The maximum absolute atomic E-state index is 6.11. The van der Waals surface area contributed by atoms with Gasteiger partial charge >= 0.3 is 0 Å². The molecule has 0 heterocycles. The van der Waals surface area contributed by atoms with Gasteiger partial charge in [0.1, 0.15) is 0 Å². The molecule has 0 saturated heterocycles. The molecule has 0 aliphatic rings. The largest absolute Gasteiger partial charge is 0.399 e. The predicted molar refractivity (Wildman–Crippen MR) is 70.7 cm³/mol. The van der Waals surface area contributed by atoms with E-state index >= 15 is 0 Å². The van der Waals surface area contributed by atoms with E-state index in [0.29, 0.717) is 21.4 Å². The first kappa shape index (κ1) is 11.1. The lowest BCUT2D eigenvalue weighted by atomic mass is 10.0. The minimum atomic E-state index is 0.541. The van der Waals surface area contributed by atoms with Crippen LogP contribution in [0.2, 0.25) is 10.0 Å². The summed E-state index contributed by atoms with van der Waals surface area (Å²) >= 11 is 12.2. The Bertz CT molecular complexity index is 518. The molecule has 4 heteroatoms. The lowest BCUT2D eigenvalue weighted by Crippen LogP contribution is -1.92. The summed E-state index contributed by atoms with van der Waals surface area (Å²) in [5.74, 6) is 0. The minimum absolute atomic E-state index is 0.541. The van der Waals surface area contributed by atoms with Crippen LogP contribution >= 0.6 is 23.2 Å². The molecule has 82 valence electrons. The molecule has 0 fully saturated rings. The molecule has 0 saturated carbocycles. The van der Waals surface area contributed by atoms with Gasteiger partial charge in [-0.25, -0.2) is 0 Å². The number of benzene rings is 2. The van der Waals surface area contributed by atoms with Crippen molar-refractivity contribution >= 4 is 34.6 Å².